The molecule has 0 atom stereocenters. The molecule has 174 valence electrons. The number of carbonyl (C=O) groups is 4. The molecule has 0 aliphatic carbocycles. The van der Waals surface area contributed by atoms with Gasteiger partial charge in [-0.2, -0.15) is 0 Å². The van der Waals surface area contributed by atoms with Crippen LogP contribution in [0.3, 0.4) is 0 Å². The van der Waals surface area contributed by atoms with Crippen molar-refractivity contribution in [1.82, 2.24) is 19.3 Å². The second-order valence-corrected chi connectivity index (χ2v) is 9.07. The standard InChI is InChI=1S/C25H30N4O4/c1-16(2)29-17(3)13-21(18(29)4)22(30)14-26-9-11-27(12-10-26)23(31)15-28-24(32)19-7-5-6-8-20(19)25(28)33/h5-8,13,16H,9-12,14-15H2,1-4H3. The monoisotopic (exact) mass is 450 g/mol. The highest BCUT2D eigenvalue weighted by atomic mass is 16.2. The number of rotatable bonds is 6. The summed E-state index contributed by atoms with van der Waals surface area (Å²) in [7, 11) is 0. The summed E-state index contributed by atoms with van der Waals surface area (Å²) in [5.74, 6) is -1.02. The van der Waals surface area contributed by atoms with Crippen molar-refractivity contribution in [1.29, 1.82) is 0 Å². The summed E-state index contributed by atoms with van der Waals surface area (Å²) >= 11 is 0. The van der Waals surface area contributed by atoms with Crippen LogP contribution in [0.1, 0.15) is 62.4 Å². The Morgan fingerprint density at radius 2 is 1.48 bits per heavy atom. The molecule has 2 aliphatic heterocycles. The van der Waals surface area contributed by atoms with Crippen molar-refractivity contribution in [3.63, 3.8) is 0 Å². The van der Waals surface area contributed by atoms with Crippen molar-refractivity contribution < 1.29 is 19.2 Å². The van der Waals surface area contributed by atoms with E-state index in [-0.39, 0.29) is 18.2 Å². The summed E-state index contributed by atoms with van der Waals surface area (Å²) in [6.07, 6.45) is 0. The van der Waals surface area contributed by atoms with Gasteiger partial charge in [-0.25, -0.2) is 0 Å². The molecule has 0 bridgehead atoms. The molecule has 1 aromatic carbocycles. The second kappa shape index (κ2) is 8.94. The third-order valence-corrected chi connectivity index (χ3v) is 6.56. The van der Waals surface area contributed by atoms with E-state index in [9.17, 15) is 19.2 Å². The maximum Gasteiger partial charge on any atom is 0.262 e. The summed E-state index contributed by atoms with van der Waals surface area (Å²) < 4.78 is 2.17. The van der Waals surface area contributed by atoms with Crippen LogP contribution in [0.15, 0.2) is 30.3 Å². The normalized spacial score (nSPS) is 16.6. The van der Waals surface area contributed by atoms with Crippen molar-refractivity contribution >= 4 is 23.5 Å². The van der Waals surface area contributed by atoms with E-state index in [1.54, 1.807) is 29.2 Å². The molecule has 1 saturated heterocycles. The molecule has 1 aromatic heterocycles. The fourth-order valence-corrected chi connectivity index (χ4v) is 4.92. The Labute approximate surface area is 193 Å². The predicted molar refractivity (Wildman–Crippen MR) is 123 cm³/mol. The van der Waals surface area contributed by atoms with E-state index in [0.717, 1.165) is 21.9 Å². The maximum absolute atomic E-state index is 12.9. The second-order valence-electron chi connectivity index (χ2n) is 9.07. The number of nitrogens with zero attached hydrogens (tertiary/aromatic N) is 4. The van der Waals surface area contributed by atoms with Crippen molar-refractivity contribution in [3.8, 4) is 0 Å². The van der Waals surface area contributed by atoms with E-state index >= 15 is 0 Å². The van der Waals surface area contributed by atoms with Gasteiger partial charge < -0.3 is 9.47 Å². The molecule has 3 heterocycles. The Morgan fingerprint density at radius 3 is 2.00 bits per heavy atom. The van der Waals surface area contributed by atoms with Crippen LogP contribution in [0.4, 0.5) is 0 Å². The van der Waals surface area contributed by atoms with Crippen molar-refractivity contribution in [2.75, 3.05) is 39.3 Å². The number of fused-ring (bicyclic) bond motifs is 1. The van der Waals surface area contributed by atoms with Crippen LogP contribution in [-0.4, -0.2) is 82.0 Å². The number of carbonyl (C=O) groups excluding carboxylic acids is 4. The van der Waals surface area contributed by atoms with Gasteiger partial charge in [0.05, 0.1) is 17.7 Å². The molecule has 2 aromatic rings. The molecule has 0 spiro atoms. The lowest BCUT2D eigenvalue weighted by atomic mass is 10.1. The summed E-state index contributed by atoms with van der Waals surface area (Å²) in [6.45, 7) is 10.3. The fourth-order valence-electron chi connectivity index (χ4n) is 4.92. The lowest BCUT2D eigenvalue weighted by Crippen LogP contribution is -2.52. The van der Waals surface area contributed by atoms with Gasteiger partial charge >= 0.3 is 0 Å². The van der Waals surface area contributed by atoms with Crippen LogP contribution >= 0.6 is 0 Å². The highest BCUT2D eigenvalue weighted by molar-refractivity contribution is 6.22. The lowest BCUT2D eigenvalue weighted by Gasteiger charge is -2.35. The van der Waals surface area contributed by atoms with Crippen molar-refractivity contribution in [2.24, 2.45) is 0 Å². The smallest absolute Gasteiger partial charge is 0.262 e. The number of benzene rings is 1. The molecule has 8 heteroatoms. The molecule has 4 rings (SSSR count). The number of ketones is 1. The van der Waals surface area contributed by atoms with Gasteiger partial charge in [-0.1, -0.05) is 12.1 Å². The summed E-state index contributed by atoms with van der Waals surface area (Å²) in [4.78, 5) is 55.5. The minimum Gasteiger partial charge on any atom is -0.346 e. The number of aryl methyl sites for hydroxylation is 1. The molecule has 33 heavy (non-hydrogen) atoms. The highest BCUT2D eigenvalue weighted by Crippen LogP contribution is 2.23. The first-order valence-electron chi connectivity index (χ1n) is 11.4. The highest BCUT2D eigenvalue weighted by Gasteiger charge is 2.37. The largest absolute Gasteiger partial charge is 0.346 e. The third-order valence-electron chi connectivity index (χ3n) is 6.56. The Morgan fingerprint density at radius 1 is 0.909 bits per heavy atom. The minimum absolute atomic E-state index is 0.0841. The summed E-state index contributed by atoms with van der Waals surface area (Å²) in [6, 6.07) is 8.87. The number of hydrogen-bond donors (Lipinski definition) is 0. The Hall–Kier alpha value is -3.26. The van der Waals surface area contributed by atoms with Crippen LogP contribution in [0, 0.1) is 13.8 Å². The zero-order valence-corrected chi connectivity index (χ0v) is 19.6. The average Bonchev–Trinajstić information content (AvgIpc) is 3.22. The summed E-state index contributed by atoms with van der Waals surface area (Å²) in [5.41, 5.74) is 3.51. The lowest BCUT2D eigenvalue weighted by molar-refractivity contribution is -0.133. The van der Waals surface area contributed by atoms with Crippen LogP contribution in [0.2, 0.25) is 0 Å². The Bertz CT molecular complexity index is 1090. The van der Waals surface area contributed by atoms with Crippen LogP contribution < -0.4 is 0 Å². The Kier molecular flexibility index (Phi) is 6.21. The van der Waals surface area contributed by atoms with Crippen molar-refractivity contribution in [3.05, 3.63) is 58.4 Å². The molecule has 3 amide bonds. The number of amides is 3. The molecule has 2 aliphatic rings. The maximum atomic E-state index is 12.9. The number of hydrogen-bond acceptors (Lipinski definition) is 5. The summed E-state index contributed by atoms with van der Waals surface area (Å²) in [5, 5.41) is 0. The van der Waals surface area contributed by atoms with E-state index in [1.165, 1.54) is 0 Å². The van der Waals surface area contributed by atoms with Gasteiger partial charge in [-0.15, -0.1) is 0 Å². The number of aromatic nitrogens is 1. The number of piperazine rings is 1. The van der Waals surface area contributed by atoms with Gasteiger partial charge in [-0.3, -0.25) is 29.0 Å². The van der Waals surface area contributed by atoms with Gasteiger partial charge in [0.1, 0.15) is 6.54 Å². The Balaban J connectivity index is 1.32. The molecule has 8 nitrogen and oxygen atoms in total. The van der Waals surface area contributed by atoms with Crippen LogP contribution in [0.25, 0.3) is 0 Å². The molecule has 0 unspecified atom stereocenters. The first kappa shape index (κ1) is 22.9. The molecule has 0 radical (unpaired) electrons. The molecular formula is C25H30N4O4. The van der Waals surface area contributed by atoms with E-state index in [2.05, 4.69) is 23.3 Å². The predicted octanol–water partition coefficient (Wildman–Crippen LogP) is 2.31. The topological polar surface area (TPSA) is 82.9 Å². The minimum atomic E-state index is -0.424. The van der Waals surface area contributed by atoms with Gasteiger partial charge in [-0.05, 0) is 45.9 Å². The van der Waals surface area contributed by atoms with Crippen LogP contribution in [-0.2, 0) is 4.79 Å². The zero-order valence-electron chi connectivity index (χ0n) is 19.6. The van der Waals surface area contributed by atoms with Gasteiger partial charge in [0.25, 0.3) is 11.8 Å². The van der Waals surface area contributed by atoms with E-state index in [4.69, 9.17) is 0 Å². The number of imide groups is 1. The van der Waals surface area contributed by atoms with E-state index < -0.39 is 11.8 Å². The molecule has 0 N–H and O–H groups in total. The molecule has 0 saturated carbocycles. The van der Waals surface area contributed by atoms with E-state index in [1.807, 2.05) is 19.9 Å². The molecular weight excluding hydrogens is 420 g/mol. The van der Waals surface area contributed by atoms with Crippen LogP contribution in [0.5, 0.6) is 0 Å². The first-order chi connectivity index (χ1) is 15.7. The fraction of sp³-hybridized carbons (Fsp3) is 0.440. The van der Waals surface area contributed by atoms with Gasteiger partial charge in [0, 0.05) is 49.2 Å². The zero-order chi connectivity index (χ0) is 23.9. The van der Waals surface area contributed by atoms with E-state index in [0.29, 0.717) is 49.9 Å². The first-order valence-corrected chi connectivity index (χ1v) is 11.4. The van der Waals surface area contributed by atoms with Gasteiger partial charge in [0.2, 0.25) is 5.91 Å². The van der Waals surface area contributed by atoms with Crippen molar-refractivity contribution in [2.45, 2.75) is 33.7 Å². The number of Topliss-reactive ketones (excluding diaryl/α,β-unsaturated/α-hetero) is 1. The third kappa shape index (κ3) is 4.23. The quantitative estimate of drug-likeness (QED) is 0.498. The SMILES string of the molecule is Cc1cc(C(=O)CN2CCN(C(=O)CN3C(=O)c4ccccc4C3=O)CC2)c(C)n1C(C)C. The average molecular weight is 451 g/mol. The molecule has 1 fully saturated rings. The van der Waals surface area contributed by atoms with Gasteiger partial charge in [0.15, 0.2) is 5.78 Å².